The minimum atomic E-state index is -4.25. The Morgan fingerprint density at radius 2 is 1.90 bits per heavy atom. The van der Waals surface area contributed by atoms with Gasteiger partial charge in [0, 0.05) is 12.3 Å². The summed E-state index contributed by atoms with van der Waals surface area (Å²) in [4.78, 5) is 0. The standard InChI is InChI=1S/C18H37NO2/c1-2-3-4-5-6-7-8-9-10-11-12-13-14-15-18(21)17(19)16-20/h14-15,17-18,20-21H,2-13,16,19H2,1H3/b15-14+/t17-,18+/m0/s1/i9D,10D2,11D2,12D2,13D2,14D,15D,16D2,17D,18D/hD2/t9?,17-,18+. The van der Waals surface area contributed by atoms with Crippen molar-refractivity contribution in [2.24, 2.45) is 5.72 Å². The van der Waals surface area contributed by atoms with E-state index in [1.165, 1.54) is 0 Å². The first-order valence-electron chi connectivity index (χ1n) is 15.5. The van der Waals surface area contributed by atoms with Gasteiger partial charge in [-0.1, -0.05) is 83.1 Å². The molecule has 0 aromatic rings. The van der Waals surface area contributed by atoms with Gasteiger partial charge in [0.05, 0.1) is 26.9 Å². The fourth-order valence-electron chi connectivity index (χ4n) is 1.45. The van der Waals surface area contributed by atoms with Crippen molar-refractivity contribution in [2.45, 2.75) is 95.9 Å². The highest BCUT2D eigenvalue weighted by atomic mass is 16.3. The Balaban J connectivity index is 6.41. The second kappa shape index (κ2) is 16.0. The lowest BCUT2D eigenvalue weighted by Crippen LogP contribution is -2.36. The molecule has 0 aromatic heterocycles. The van der Waals surface area contributed by atoms with Gasteiger partial charge < -0.3 is 15.9 Å². The van der Waals surface area contributed by atoms with E-state index in [9.17, 15) is 10.2 Å². The van der Waals surface area contributed by atoms with Gasteiger partial charge in [-0.3, -0.25) is 0 Å². The molecule has 0 saturated heterocycles. The largest absolute Gasteiger partial charge is 0.395 e. The van der Waals surface area contributed by atoms with E-state index in [0.29, 0.717) is 12.8 Å². The van der Waals surface area contributed by atoms with Gasteiger partial charge in [0.2, 0.25) is 0 Å². The van der Waals surface area contributed by atoms with Crippen molar-refractivity contribution >= 4 is 0 Å². The second-order valence-electron chi connectivity index (χ2n) is 4.34. The monoisotopic (exact) mass is 316 g/mol. The van der Waals surface area contributed by atoms with Crippen LogP contribution in [0.1, 0.15) is 104 Å². The summed E-state index contributed by atoms with van der Waals surface area (Å²) in [5.41, 5.74) is -1.00. The summed E-state index contributed by atoms with van der Waals surface area (Å²) in [6.07, 6.45) is -16.9. The molecule has 0 rings (SSSR count). The first kappa shape index (κ1) is 5.92. The maximum Gasteiger partial charge on any atom is 0.119 e. The van der Waals surface area contributed by atoms with Crippen LogP contribution in [-0.2, 0) is 0 Å². The summed E-state index contributed by atoms with van der Waals surface area (Å²) in [5, 5.41) is 20.0. The van der Waals surface area contributed by atoms with Crippen molar-refractivity contribution in [3.63, 3.8) is 0 Å². The molecule has 0 amide bonds. The molecule has 0 aromatic carbocycles. The Kier molecular flexibility index (Phi) is 4.51. The SMILES string of the molecule is [2H]/C(=C(/[2H])[C@@]([2H])(O)[C@@]([2H])(N([2H])[2H])C([2H])([2H])O)C([2H])([2H])C([2H])([2H])C([2H])([2H])C([2H])([2H])C([2H])CCCCCCCC. The van der Waals surface area contributed by atoms with Crippen LogP contribution in [0.3, 0.4) is 0 Å². The third-order valence-electron chi connectivity index (χ3n) is 2.57. The molecule has 1 unspecified atom stereocenters. The molecule has 126 valence electrons. The lowest BCUT2D eigenvalue weighted by atomic mass is 10.0. The molecule has 0 aliphatic carbocycles. The van der Waals surface area contributed by atoms with Crippen molar-refractivity contribution in [1.82, 2.24) is 0 Å². The summed E-state index contributed by atoms with van der Waals surface area (Å²) < 4.78 is 133. The molecule has 4 N–H and O–H groups in total. The van der Waals surface area contributed by atoms with E-state index >= 15 is 0 Å². The highest BCUT2D eigenvalue weighted by molar-refractivity contribution is 4.93. The average Bonchev–Trinajstić information content (AvgIpc) is 2.77. The molecular weight excluding hydrogens is 262 g/mol. The summed E-state index contributed by atoms with van der Waals surface area (Å²) >= 11 is 0. The molecule has 0 spiro atoms. The minimum absolute atomic E-state index is 0.187. The topological polar surface area (TPSA) is 66.5 Å². The van der Waals surface area contributed by atoms with Crippen LogP contribution in [0.25, 0.3) is 0 Å². The Bertz CT molecular complexity index is 811. The number of aliphatic hydroxyl groups is 2. The van der Waals surface area contributed by atoms with Crippen LogP contribution in [0.4, 0.5) is 0 Å². The van der Waals surface area contributed by atoms with Crippen LogP contribution in [0.2, 0.25) is 2.82 Å². The van der Waals surface area contributed by atoms with Gasteiger partial charge in [-0.05, 0) is 12.7 Å². The van der Waals surface area contributed by atoms with Crippen LogP contribution < -0.4 is 5.72 Å². The normalized spacial score (nSPS) is 35.5. The zero-order valence-corrected chi connectivity index (χ0v) is 12.4. The predicted octanol–water partition coefficient (Wildman–Crippen LogP) is 3.92. The van der Waals surface area contributed by atoms with Gasteiger partial charge in [0.1, 0.15) is 2.82 Å². The van der Waals surface area contributed by atoms with E-state index in [0.717, 1.165) is 25.7 Å². The minimum Gasteiger partial charge on any atom is -0.395 e. The van der Waals surface area contributed by atoms with E-state index in [2.05, 4.69) is 0 Å². The summed E-state index contributed by atoms with van der Waals surface area (Å²) in [7, 11) is 0. The maximum atomic E-state index is 10.4. The van der Waals surface area contributed by atoms with Gasteiger partial charge in [-0.25, -0.2) is 0 Å². The van der Waals surface area contributed by atoms with E-state index in [-0.39, 0.29) is 6.42 Å². The van der Waals surface area contributed by atoms with Crippen molar-refractivity contribution in [2.75, 3.05) is 6.56 Å². The summed E-state index contributed by atoms with van der Waals surface area (Å²) in [6.45, 7) is -2.07. The number of hydrogen-bond donors (Lipinski definition) is 3. The quantitative estimate of drug-likeness (QED) is 0.298. The molecule has 3 atom stereocenters. The highest BCUT2D eigenvalue weighted by Crippen LogP contribution is 2.12. The first-order chi connectivity index (χ1) is 16.7. The molecule has 3 heteroatoms. The molecule has 3 nitrogen and oxygen atoms in total. The average molecular weight is 317 g/mol. The summed E-state index contributed by atoms with van der Waals surface area (Å²) in [5.74, 6) is 0. The van der Waals surface area contributed by atoms with E-state index in [4.69, 9.17) is 23.4 Å². The number of rotatable bonds is 16. The molecule has 0 aliphatic rings. The Labute approximate surface area is 155 Å². The fourth-order valence-corrected chi connectivity index (χ4v) is 1.45. The third kappa shape index (κ3) is 14.3. The Morgan fingerprint density at radius 3 is 2.57 bits per heavy atom. The Morgan fingerprint density at radius 1 is 1.19 bits per heavy atom. The van der Waals surface area contributed by atoms with E-state index in [1.807, 2.05) is 6.92 Å². The smallest absolute Gasteiger partial charge is 0.119 e. The lowest BCUT2D eigenvalue weighted by Gasteiger charge is -2.11. The van der Waals surface area contributed by atoms with Crippen molar-refractivity contribution in [1.29, 1.82) is 0 Å². The summed E-state index contributed by atoms with van der Waals surface area (Å²) in [6, 6.07) is -8.21. The van der Waals surface area contributed by atoms with Crippen LogP contribution in [-0.4, -0.2) is 28.9 Å². The Hall–Kier alpha value is -0.380. The van der Waals surface area contributed by atoms with Crippen molar-refractivity contribution in [3.8, 4) is 0 Å². The molecule has 0 bridgehead atoms. The number of allylic oxidation sites excluding steroid dienone is 1. The molecule has 21 heavy (non-hydrogen) atoms. The zero-order valence-electron chi connectivity index (χ0n) is 29.4. The molecule has 0 saturated carbocycles. The number of unbranched alkanes of at least 4 members (excludes halogenated alkanes) is 5. The first-order valence-corrected chi connectivity index (χ1v) is 7.07. The molecule has 0 fully saturated rings. The van der Waals surface area contributed by atoms with Crippen LogP contribution >= 0.6 is 0 Å². The van der Waals surface area contributed by atoms with Crippen molar-refractivity contribution < 1.29 is 33.6 Å². The predicted molar refractivity (Wildman–Crippen MR) is 91.3 cm³/mol. The van der Waals surface area contributed by atoms with Gasteiger partial charge in [-0.2, -0.15) is 0 Å². The van der Waals surface area contributed by atoms with Gasteiger partial charge >= 0.3 is 0 Å². The molecule has 0 heterocycles. The van der Waals surface area contributed by atoms with Crippen molar-refractivity contribution in [3.05, 3.63) is 12.1 Å². The van der Waals surface area contributed by atoms with Crippen LogP contribution in [0.15, 0.2) is 12.1 Å². The van der Waals surface area contributed by atoms with Crippen LogP contribution in [0, 0.1) is 0 Å². The van der Waals surface area contributed by atoms with Gasteiger partial charge in [0.25, 0.3) is 0 Å². The van der Waals surface area contributed by atoms with Crippen LogP contribution in [0.5, 0.6) is 0 Å². The highest BCUT2D eigenvalue weighted by Gasteiger charge is 2.08. The molecule has 0 radical (unpaired) electrons. The second-order valence-corrected chi connectivity index (χ2v) is 4.34. The fraction of sp³-hybridized carbons (Fsp3) is 0.889. The molecule has 0 aliphatic heterocycles. The van der Waals surface area contributed by atoms with E-state index < -0.39 is 68.4 Å². The van der Waals surface area contributed by atoms with Gasteiger partial charge in [-0.15, -0.1) is 0 Å². The third-order valence-corrected chi connectivity index (χ3v) is 2.57. The van der Waals surface area contributed by atoms with E-state index in [1.54, 1.807) is 0 Å². The molecular formula is C18H37NO2. The van der Waals surface area contributed by atoms with Gasteiger partial charge in [0.15, 0.2) is 0 Å². The number of nitrogens with two attached hydrogens (primary N) is 1. The zero-order chi connectivity index (χ0) is 30.8. The maximum absolute atomic E-state index is 10.4. The lowest BCUT2D eigenvalue weighted by molar-refractivity contribution is 0.144. The number of hydrogen-bond acceptors (Lipinski definition) is 3.